The summed E-state index contributed by atoms with van der Waals surface area (Å²) in [5.74, 6) is 1.54. The first-order valence-electron chi connectivity index (χ1n) is 7.22. The first kappa shape index (κ1) is 16.2. The highest BCUT2D eigenvalue weighted by Crippen LogP contribution is 2.18. The predicted molar refractivity (Wildman–Crippen MR) is 86.1 cm³/mol. The number of halogens is 1. The van der Waals surface area contributed by atoms with Gasteiger partial charge in [-0.3, -0.25) is 0 Å². The molecule has 0 aromatic carbocycles. The van der Waals surface area contributed by atoms with Crippen molar-refractivity contribution >= 4 is 22.8 Å². The van der Waals surface area contributed by atoms with Crippen LogP contribution >= 0.6 is 11.6 Å². The van der Waals surface area contributed by atoms with Crippen molar-refractivity contribution in [3.8, 4) is 0 Å². The Bertz CT molecular complexity index is 582. The fraction of sp³-hybridized carbons (Fsp3) is 0.600. The van der Waals surface area contributed by atoms with Gasteiger partial charge < -0.3 is 14.2 Å². The number of ether oxygens (including phenoxy) is 1. The number of aromatic nitrogens is 3. The highest BCUT2D eigenvalue weighted by Gasteiger charge is 2.12. The Morgan fingerprint density at radius 1 is 1.33 bits per heavy atom. The molecule has 0 unspecified atom stereocenters. The highest BCUT2D eigenvalue weighted by molar-refractivity contribution is 6.17. The van der Waals surface area contributed by atoms with E-state index in [1.165, 1.54) is 0 Å². The van der Waals surface area contributed by atoms with Crippen molar-refractivity contribution in [2.75, 3.05) is 39.7 Å². The minimum absolute atomic E-state index is 0.559. The molecule has 6 heteroatoms. The Morgan fingerprint density at radius 2 is 2.14 bits per heavy atom. The molecule has 0 atom stereocenters. The van der Waals surface area contributed by atoms with Gasteiger partial charge >= 0.3 is 0 Å². The van der Waals surface area contributed by atoms with E-state index in [1.54, 1.807) is 0 Å². The number of likely N-dealkylation sites (N-methyl/N-ethyl adjacent to an activating group) is 1. The molecule has 0 fully saturated rings. The predicted octanol–water partition coefficient (Wildman–Crippen LogP) is 2.10. The van der Waals surface area contributed by atoms with Gasteiger partial charge in [-0.15, -0.1) is 11.6 Å². The van der Waals surface area contributed by atoms with Gasteiger partial charge in [-0.25, -0.2) is 9.97 Å². The number of pyridine rings is 1. The van der Waals surface area contributed by atoms with E-state index in [0.29, 0.717) is 12.5 Å². The van der Waals surface area contributed by atoms with Gasteiger partial charge in [-0.1, -0.05) is 0 Å². The summed E-state index contributed by atoms with van der Waals surface area (Å²) in [5.41, 5.74) is 3.03. The smallest absolute Gasteiger partial charge is 0.160 e. The number of fused-ring (bicyclic) bond motifs is 1. The van der Waals surface area contributed by atoms with Crippen LogP contribution in [-0.4, -0.2) is 59.2 Å². The zero-order chi connectivity index (χ0) is 15.2. The summed E-state index contributed by atoms with van der Waals surface area (Å²) in [5, 5.41) is 0. The minimum atomic E-state index is 0.559. The molecular weight excluding hydrogens is 288 g/mol. The number of hydrogen-bond donors (Lipinski definition) is 0. The first-order chi connectivity index (χ1) is 10.1. The molecule has 21 heavy (non-hydrogen) atoms. The van der Waals surface area contributed by atoms with Crippen LogP contribution in [0.2, 0.25) is 0 Å². The fourth-order valence-corrected chi connectivity index (χ4v) is 2.37. The molecule has 2 rings (SSSR count). The first-order valence-corrected chi connectivity index (χ1v) is 7.76. The second-order valence-corrected chi connectivity index (χ2v) is 5.71. The van der Waals surface area contributed by atoms with Gasteiger partial charge in [0.1, 0.15) is 11.3 Å². The van der Waals surface area contributed by atoms with Crippen molar-refractivity contribution < 1.29 is 4.74 Å². The molecule has 0 aliphatic carbocycles. The maximum absolute atomic E-state index is 5.88. The topological polar surface area (TPSA) is 43.2 Å². The van der Waals surface area contributed by atoms with E-state index >= 15 is 0 Å². The van der Waals surface area contributed by atoms with E-state index in [4.69, 9.17) is 16.3 Å². The minimum Gasteiger partial charge on any atom is -0.378 e. The quantitative estimate of drug-likeness (QED) is 0.553. The normalized spacial score (nSPS) is 11.7. The van der Waals surface area contributed by atoms with E-state index in [-0.39, 0.29) is 0 Å². The number of alkyl halides is 1. The summed E-state index contributed by atoms with van der Waals surface area (Å²) in [7, 11) is 4.08. The lowest BCUT2D eigenvalue weighted by Gasteiger charge is -2.11. The standard InChI is InChI=1S/C15H23ClN4O/c1-12-5-7-17-15-14(12)18-13(4-6-16)20(15)9-11-21-10-8-19(2)3/h5,7H,4,6,8-11H2,1-3H3. The zero-order valence-corrected chi connectivity index (χ0v) is 13.7. The van der Waals surface area contributed by atoms with Gasteiger partial charge in [0.05, 0.1) is 13.2 Å². The third-order valence-electron chi connectivity index (χ3n) is 3.37. The number of nitrogens with zero attached hydrogens (tertiary/aromatic N) is 4. The highest BCUT2D eigenvalue weighted by atomic mass is 35.5. The van der Waals surface area contributed by atoms with Crippen molar-refractivity contribution in [3.63, 3.8) is 0 Å². The summed E-state index contributed by atoms with van der Waals surface area (Å²) in [6.07, 6.45) is 2.57. The number of aryl methyl sites for hydroxylation is 2. The van der Waals surface area contributed by atoms with Gasteiger partial charge in [-0.2, -0.15) is 0 Å². The van der Waals surface area contributed by atoms with Crippen LogP contribution < -0.4 is 0 Å². The lowest BCUT2D eigenvalue weighted by Crippen LogP contribution is -2.19. The molecular formula is C15H23ClN4O. The summed E-state index contributed by atoms with van der Waals surface area (Å²) in [6.45, 7) is 5.13. The third kappa shape index (κ3) is 4.15. The Kier molecular flexibility index (Phi) is 5.96. The number of imidazole rings is 1. The van der Waals surface area contributed by atoms with Crippen LogP contribution in [0, 0.1) is 6.92 Å². The van der Waals surface area contributed by atoms with Crippen LogP contribution in [0.1, 0.15) is 11.4 Å². The Morgan fingerprint density at radius 3 is 2.86 bits per heavy atom. The van der Waals surface area contributed by atoms with Gasteiger partial charge in [0.2, 0.25) is 0 Å². The maximum Gasteiger partial charge on any atom is 0.160 e. The van der Waals surface area contributed by atoms with Crippen LogP contribution in [-0.2, 0) is 17.7 Å². The second-order valence-electron chi connectivity index (χ2n) is 5.33. The van der Waals surface area contributed by atoms with E-state index in [9.17, 15) is 0 Å². The molecule has 2 heterocycles. The molecule has 2 aromatic heterocycles. The van der Waals surface area contributed by atoms with Crippen molar-refractivity contribution in [2.24, 2.45) is 0 Å². The van der Waals surface area contributed by atoms with Crippen LogP contribution in [0.5, 0.6) is 0 Å². The molecule has 0 saturated carbocycles. The zero-order valence-electron chi connectivity index (χ0n) is 13.0. The molecule has 0 N–H and O–H groups in total. The monoisotopic (exact) mass is 310 g/mol. The Labute approximate surface area is 130 Å². The van der Waals surface area contributed by atoms with Crippen LogP contribution in [0.4, 0.5) is 0 Å². The van der Waals surface area contributed by atoms with Crippen LogP contribution in [0.15, 0.2) is 12.3 Å². The van der Waals surface area contributed by atoms with E-state index in [0.717, 1.165) is 48.7 Å². The Balaban J connectivity index is 2.09. The summed E-state index contributed by atoms with van der Waals surface area (Å²) in [6, 6.07) is 1.98. The average molecular weight is 311 g/mol. The van der Waals surface area contributed by atoms with Gasteiger partial charge in [-0.05, 0) is 32.6 Å². The van der Waals surface area contributed by atoms with Crippen molar-refractivity contribution in [3.05, 3.63) is 23.7 Å². The largest absolute Gasteiger partial charge is 0.378 e. The maximum atomic E-state index is 5.88. The molecule has 116 valence electrons. The summed E-state index contributed by atoms with van der Waals surface area (Å²) in [4.78, 5) is 11.3. The molecule has 0 amide bonds. The number of rotatable bonds is 8. The molecule has 0 spiro atoms. The van der Waals surface area contributed by atoms with Crippen molar-refractivity contribution in [1.82, 2.24) is 19.4 Å². The van der Waals surface area contributed by atoms with E-state index < -0.39 is 0 Å². The summed E-state index contributed by atoms with van der Waals surface area (Å²) >= 11 is 5.88. The molecule has 0 saturated heterocycles. The van der Waals surface area contributed by atoms with Gasteiger partial charge in [0, 0.05) is 31.6 Å². The molecule has 0 radical (unpaired) electrons. The molecule has 5 nitrogen and oxygen atoms in total. The Hall–Kier alpha value is -1.17. The lowest BCUT2D eigenvalue weighted by molar-refractivity contribution is 0.111. The molecule has 0 bridgehead atoms. The van der Waals surface area contributed by atoms with Crippen LogP contribution in [0.3, 0.4) is 0 Å². The van der Waals surface area contributed by atoms with Crippen molar-refractivity contribution in [1.29, 1.82) is 0 Å². The number of hydrogen-bond acceptors (Lipinski definition) is 4. The van der Waals surface area contributed by atoms with Gasteiger partial charge in [0.15, 0.2) is 5.65 Å². The SMILES string of the molecule is Cc1ccnc2c1nc(CCCl)n2CCOCCN(C)C. The van der Waals surface area contributed by atoms with E-state index in [2.05, 4.69) is 26.4 Å². The third-order valence-corrected chi connectivity index (χ3v) is 3.56. The molecule has 2 aromatic rings. The molecule has 0 aliphatic heterocycles. The fourth-order valence-electron chi connectivity index (χ4n) is 2.20. The summed E-state index contributed by atoms with van der Waals surface area (Å²) < 4.78 is 7.80. The van der Waals surface area contributed by atoms with Crippen molar-refractivity contribution in [2.45, 2.75) is 19.9 Å². The van der Waals surface area contributed by atoms with E-state index in [1.807, 2.05) is 26.4 Å². The lowest BCUT2D eigenvalue weighted by atomic mass is 10.3. The second kappa shape index (κ2) is 7.73. The van der Waals surface area contributed by atoms with Crippen LogP contribution in [0.25, 0.3) is 11.2 Å². The van der Waals surface area contributed by atoms with Gasteiger partial charge in [0.25, 0.3) is 0 Å². The average Bonchev–Trinajstić information content (AvgIpc) is 2.78. The molecule has 0 aliphatic rings.